The van der Waals surface area contributed by atoms with E-state index in [1.807, 2.05) is 11.0 Å². The molecule has 22 heavy (non-hydrogen) atoms. The SMILES string of the molecule is CC(C)c1cc(C(=O)N2CCC[C@]3(C)NCCCC[C@H]23)on1. The number of carbonyl (C=O) groups excluding carboxylic acids is 1. The van der Waals surface area contributed by atoms with Crippen molar-refractivity contribution in [2.24, 2.45) is 0 Å². The molecule has 2 fully saturated rings. The van der Waals surface area contributed by atoms with Crippen LogP contribution in [-0.4, -0.2) is 40.6 Å². The monoisotopic (exact) mass is 305 g/mol. The zero-order valence-electron chi connectivity index (χ0n) is 13.9. The average molecular weight is 305 g/mol. The third-order valence-electron chi connectivity index (χ3n) is 5.23. The van der Waals surface area contributed by atoms with Crippen LogP contribution >= 0.6 is 0 Å². The number of rotatable bonds is 2. The van der Waals surface area contributed by atoms with Crippen LogP contribution in [0, 0.1) is 0 Å². The lowest BCUT2D eigenvalue weighted by molar-refractivity contribution is 0.0344. The minimum absolute atomic E-state index is 0.000903. The molecule has 2 saturated heterocycles. The van der Waals surface area contributed by atoms with Gasteiger partial charge in [-0.25, -0.2) is 0 Å². The van der Waals surface area contributed by atoms with Gasteiger partial charge in [0.15, 0.2) is 0 Å². The van der Waals surface area contributed by atoms with Crippen molar-refractivity contribution in [2.45, 2.75) is 70.4 Å². The van der Waals surface area contributed by atoms with Crippen LogP contribution in [0.2, 0.25) is 0 Å². The molecular formula is C17H27N3O2. The van der Waals surface area contributed by atoms with Gasteiger partial charge in [-0.2, -0.15) is 0 Å². The molecule has 3 rings (SSSR count). The number of hydrogen-bond donors (Lipinski definition) is 1. The Labute approximate surface area is 132 Å². The number of nitrogens with one attached hydrogen (secondary N) is 1. The van der Waals surface area contributed by atoms with E-state index in [4.69, 9.17) is 4.52 Å². The van der Waals surface area contributed by atoms with Crippen molar-refractivity contribution in [1.82, 2.24) is 15.4 Å². The van der Waals surface area contributed by atoms with Crippen LogP contribution in [0.3, 0.4) is 0 Å². The predicted octanol–water partition coefficient (Wildman–Crippen LogP) is 2.93. The molecule has 2 aliphatic rings. The van der Waals surface area contributed by atoms with Crippen molar-refractivity contribution >= 4 is 5.91 Å². The van der Waals surface area contributed by atoms with Gasteiger partial charge < -0.3 is 14.7 Å². The Morgan fingerprint density at radius 1 is 1.45 bits per heavy atom. The Kier molecular flexibility index (Phi) is 4.26. The molecule has 1 aromatic rings. The Balaban J connectivity index is 1.83. The predicted molar refractivity (Wildman–Crippen MR) is 84.9 cm³/mol. The van der Waals surface area contributed by atoms with Gasteiger partial charge in [0, 0.05) is 18.2 Å². The minimum atomic E-state index is -0.000903. The molecule has 5 nitrogen and oxygen atoms in total. The molecule has 5 heteroatoms. The van der Waals surface area contributed by atoms with Crippen molar-refractivity contribution < 1.29 is 9.32 Å². The van der Waals surface area contributed by atoms with Crippen molar-refractivity contribution in [3.8, 4) is 0 Å². The van der Waals surface area contributed by atoms with Gasteiger partial charge in [0.2, 0.25) is 5.76 Å². The van der Waals surface area contributed by atoms with E-state index < -0.39 is 0 Å². The number of aromatic nitrogens is 1. The molecule has 1 N–H and O–H groups in total. The van der Waals surface area contributed by atoms with Crippen molar-refractivity contribution in [2.75, 3.05) is 13.1 Å². The van der Waals surface area contributed by atoms with Crippen LogP contribution in [-0.2, 0) is 0 Å². The fourth-order valence-corrected chi connectivity index (χ4v) is 3.85. The van der Waals surface area contributed by atoms with Gasteiger partial charge in [-0.3, -0.25) is 4.79 Å². The molecule has 0 radical (unpaired) electrons. The van der Waals surface area contributed by atoms with Gasteiger partial charge in [0.25, 0.3) is 5.91 Å². The number of carbonyl (C=O) groups is 1. The van der Waals surface area contributed by atoms with Crippen molar-refractivity contribution in [3.05, 3.63) is 17.5 Å². The molecule has 1 aromatic heterocycles. The number of hydrogen-bond acceptors (Lipinski definition) is 4. The number of nitrogens with zero attached hydrogens (tertiary/aromatic N) is 2. The maximum absolute atomic E-state index is 12.9. The van der Waals surface area contributed by atoms with Crippen LogP contribution in [0.15, 0.2) is 10.6 Å². The van der Waals surface area contributed by atoms with Crippen LogP contribution in [0.5, 0.6) is 0 Å². The maximum atomic E-state index is 12.9. The summed E-state index contributed by atoms with van der Waals surface area (Å²) in [5.41, 5.74) is 0.882. The van der Waals surface area contributed by atoms with E-state index in [0.717, 1.165) is 38.0 Å². The van der Waals surface area contributed by atoms with Crippen LogP contribution in [0.1, 0.15) is 75.0 Å². The van der Waals surface area contributed by atoms with E-state index >= 15 is 0 Å². The largest absolute Gasteiger partial charge is 0.351 e. The molecule has 0 saturated carbocycles. The maximum Gasteiger partial charge on any atom is 0.292 e. The lowest BCUT2D eigenvalue weighted by atomic mass is 9.81. The van der Waals surface area contributed by atoms with Gasteiger partial charge in [0.1, 0.15) is 0 Å². The molecule has 2 atom stereocenters. The highest BCUT2D eigenvalue weighted by atomic mass is 16.5. The van der Waals surface area contributed by atoms with Crippen LogP contribution in [0.4, 0.5) is 0 Å². The second-order valence-electron chi connectivity index (χ2n) is 7.23. The van der Waals surface area contributed by atoms with Gasteiger partial charge in [-0.1, -0.05) is 25.4 Å². The van der Waals surface area contributed by atoms with Gasteiger partial charge in [-0.05, 0) is 45.1 Å². The summed E-state index contributed by atoms with van der Waals surface area (Å²) in [5, 5.41) is 7.71. The molecule has 0 spiro atoms. The number of likely N-dealkylation sites (tertiary alicyclic amines) is 1. The molecule has 2 aliphatic heterocycles. The second kappa shape index (κ2) is 6.03. The average Bonchev–Trinajstić information content (AvgIpc) is 2.89. The third-order valence-corrected chi connectivity index (χ3v) is 5.23. The number of fused-ring (bicyclic) bond motifs is 1. The zero-order chi connectivity index (χ0) is 15.7. The first kappa shape index (κ1) is 15.5. The lowest BCUT2D eigenvalue weighted by Gasteiger charge is -2.47. The summed E-state index contributed by atoms with van der Waals surface area (Å²) in [4.78, 5) is 14.9. The number of amides is 1. The number of piperidine rings is 1. The Hall–Kier alpha value is -1.36. The van der Waals surface area contributed by atoms with Crippen LogP contribution in [0.25, 0.3) is 0 Å². The first-order valence-corrected chi connectivity index (χ1v) is 8.54. The molecule has 0 aromatic carbocycles. The second-order valence-corrected chi connectivity index (χ2v) is 7.23. The van der Waals surface area contributed by atoms with E-state index in [1.54, 1.807) is 0 Å². The fourth-order valence-electron chi connectivity index (χ4n) is 3.85. The lowest BCUT2D eigenvalue weighted by Crippen LogP contribution is -2.62. The van der Waals surface area contributed by atoms with E-state index in [1.165, 1.54) is 12.8 Å². The third kappa shape index (κ3) is 2.78. The molecule has 0 aliphatic carbocycles. The summed E-state index contributed by atoms with van der Waals surface area (Å²) in [6.07, 6.45) is 5.60. The standard InChI is InChI=1S/C17H27N3O2/c1-12(2)13-11-14(22-19-13)16(21)20-10-6-8-17(3)15(20)7-4-5-9-18-17/h11-12,15,18H,4-10H2,1-3H3/t15-,17-/m0/s1. The topological polar surface area (TPSA) is 58.4 Å². The van der Waals surface area contributed by atoms with E-state index in [2.05, 4.69) is 31.2 Å². The van der Waals surface area contributed by atoms with Crippen molar-refractivity contribution in [1.29, 1.82) is 0 Å². The van der Waals surface area contributed by atoms with E-state index in [-0.39, 0.29) is 23.4 Å². The molecule has 3 heterocycles. The summed E-state index contributed by atoms with van der Waals surface area (Å²) in [6, 6.07) is 2.06. The summed E-state index contributed by atoms with van der Waals surface area (Å²) < 4.78 is 5.32. The molecule has 0 unspecified atom stereocenters. The highest BCUT2D eigenvalue weighted by Gasteiger charge is 2.44. The summed E-state index contributed by atoms with van der Waals surface area (Å²) >= 11 is 0. The molecule has 0 bridgehead atoms. The van der Waals surface area contributed by atoms with Crippen LogP contribution < -0.4 is 5.32 Å². The Bertz CT molecular complexity index is 540. The Morgan fingerprint density at radius 3 is 3.00 bits per heavy atom. The highest BCUT2D eigenvalue weighted by molar-refractivity contribution is 5.92. The Morgan fingerprint density at radius 2 is 2.27 bits per heavy atom. The quantitative estimate of drug-likeness (QED) is 0.912. The summed E-state index contributed by atoms with van der Waals surface area (Å²) in [7, 11) is 0. The van der Waals surface area contributed by atoms with Crippen molar-refractivity contribution in [3.63, 3.8) is 0 Å². The molecule has 122 valence electrons. The minimum Gasteiger partial charge on any atom is -0.351 e. The van der Waals surface area contributed by atoms with Gasteiger partial charge in [-0.15, -0.1) is 0 Å². The van der Waals surface area contributed by atoms with E-state index in [0.29, 0.717) is 5.76 Å². The van der Waals surface area contributed by atoms with Gasteiger partial charge in [0.05, 0.1) is 11.7 Å². The first-order valence-electron chi connectivity index (χ1n) is 8.54. The van der Waals surface area contributed by atoms with Gasteiger partial charge >= 0.3 is 0 Å². The first-order chi connectivity index (χ1) is 10.5. The smallest absolute Gasteiger partial charge is 0.292 e. The highest BCUT2D eigenvalue weighted by Crippen LogP contribution is 2.33. The summed E-state index contributed by atoms with van der Waals surface area (Å²) in [5.74, 6) is 0.660. The van der Waals surface area contributed by atoms with E-state index in [9.17, 15) is 4.79 Å². The fraction of sp³-hybridized carbons (Fsp3) is 0.765. The zero-order valence-corrected chi connectivity index (χ0v) is 13.9. The molecule has 1 amide bonds. The normalized spacial score (nSPS) is 29.3. The molecular weight excluding hydrogens is 278 g/mol. The summed E-state index contributed by atoms with van der Waals surface area (Å²) in [6.45, 7) is 8.24.